The van der Waals surface area contributed by atoms with E-state index < -0.39 is 10.0 Å². The Balaban J connectivity index is 0.00000264. The summed E-state index contributed by atoms with van der Waals surface area (Å²) in [6, 6.07) is 4.49. The average Bonchev–Trinajstić information content (AvgIpc) is 3.32. The van der Waals surface area contributed by atoms with Crippen molar-refractivity contribution in [3.8, 4) is 11.5 Å². The number of nitrogens with two attached hydrogens (primary N) is 1. The van der Waals surface area contributed by atoms with E-state index in [0.29, 0.717) is 30.6 Å². The molecular weight excluding hydrogens is 340 g/mol. The Morgan fingerprint density at radius 3 is 2.39 bits per heavy atom. The smallest absolute Gasteiger partial charge is 0.240 e. The Hall–Kier alpha value is -1.02. The molecule has 1 aromatic rings. The lowest BCUT2D eigenvalue weighted by Crippen LogP contribution is -2.38. The maximum absolute atomic E-state index is 12.3. The standard InChI is InChI=1S/C15H24N2O4S.ClH/c1-3-20-14-8-7-12(9-15(14)21-4-2)22(18,19)17-10-13(16)11-5-6-11;/h7-9,11,13,17H,3-6,10,16H2,1-2H3;1H. The molecule has 0 heterocycles. The van der Waals surface area contributed by atoms with Crippen molar-refractivity contribution in [3.05, 3.63) is 18.2 Å². The number of halogens is 1. The molecule has 1 unspecified atom stereocenters. The van der Waals surface area contributed by atoms with E-state index in [1.54, 1.807) is 6.07 Å². The summed E-state index contributed by atoms with van der Waals surface area (Å²) in [4.78, 5) is 0.155. The van der Waals surface area contributed by atoms with Gasteiger partial charge in [0.1, 0.15) is 0 Å². The summed E-state index contributed by atoms with van der Waals surface area (Å²) in [5, 5.41) is 0. The second-order valence-electron chi connectivity index (χ2n) is 5.33. The summed E-state index contributed by atoms with van der Waals surface area (Å²) >= 11 is 0. The van der Waals surface area contributed by atoms with E-state index in [9.17, 15) is 8.42 Å². The average molecular weight is 365 g/mol. The van der Waals surface area contributed by atoms with Crippen LogP contribution in [0.3, 0.4) is 0 Å². The molecule has 0 aliphatic heterocycles. The lowest BCUT2D eigenvalue weighted by molar-refractivity contribution is 0.287. The van der Waals surface area contributed by atoms with Gasteiger partial charge in [-0.05, 0) is 44.7 Å². The summed E-state index contributed by atoms with van der Waals surface area (Å²) in [5.41, 5.74) is 5.93. The molecule has 132 valence electrons. The van der Waals surface area contributed by atoms with E-state index in [1.165, 1.54) is 12.1 Å². The van der Waals surface area contributed by atoms with Crippen LogP contribution in [-0.4, -0.2) is 34.2 Å². The van der Waals surface area contributed by atoms with Crippen molar-refractivity contribution >= 4 is 22.4 Å². The molecule has 1 aromatic carbocycles. The van der Waals surface area contributed by atoms with Crippen LogP contribution in [0.4, 0.5) is 0 Å². The highest BCUT2D eigenvalue weighted by molar-refractivity contribution is 7.89. The molecule has 1 aliphatic rings. The van der Waals surface area contributed by atoms with Crippen LogP contribution in [0.2, 0.25) is 0 Å². The highest BCUT2D eigenvalue weighted by atomic mass is 35.5. The minimum absolute atomic E-state index is 0. The monoisotopic (exact) mass is 364 g/mol. The van der Waals surface area contributed by atoms with Crippen LogP contribution in [-0.2, 0) is 10.0 Å². The van der Waals surface area contributed by atoms with Gasteiger partial charge < -0.3 is 15.2 Å². The second kappa shape index (κ2) is 8.73. The van der Waals surface area contributed by atoms with Crippen LogP contribution in [0.25, 0.3) is 0 Å². The van der Waals surface area contributed by atoms with Gasteiger partial charge >= 0.3 is 0 Å². The summed E-state index contributed by atoms with van der Waals surface area (Å²) < 4.78 is 38.1. The van der Waals surface area contributed by atoms with Gasteiger partial charge in [0.15, 0.2) is 11.5 Å². The zero-order valence-electron chi connectivity index (χ0n) is 13.4. The fourth-order valence-electron chi connectivity index (χ4n) is 2.18. The van der Waals surface area contributed by atoms with Gasteiger partial charge in [-0.3, -0.25) is 0 Å². The second-order valence-corrected chi connectivity index (χ2v) is 7.09. The highest BCUT2D eigenvalue weighted by Crippen LogP contribution is 2.32. The molecule has 1 saturated carbocycles. The first-order chi connectivity index (χ1) is 10.5. The maximum atomic E-state index is 12.3. The Morgan fingerprint density at radius 2 is 1.83 bits per heavy atom. The van der Waals surface area contributed by atoms with Crippen LogP contribution in [0.1, 0.15) is 26.7 Å². The molecule has 1 aliphatic carbocycles. The predicted molar refractivity (Wildman–Crippen MR) is 91.9 cm³/mol. The van der Waals surface area contributed by atoms with E-state index >= 15 is 0 Å². The number of hydrogen-bond donors (Lipinski definition) is 2. The minimum atomic E-state index is -3.60. The third-order valence-electron chi connectivity index (χ3n) is 3.56. The molecule has 0 saturated heterocycles. The van der Waals surface area contributed by atoms with Gasteiger partial charge in [0.2, 0.25) is 10.0 Å². The summed E-state index contributed by atoms with van der Waals surface area (Å²) in [6.07, 6.45) is 2.17. The molecule has 23 heavy (non-hydrogen) atoms. The van der Waals surface area contributed by atoms with Gasteiger partial charge in [0.05, 0.1) is 18.1 Å². The number of ether oxygens (including phenoxy) is 2. The van der Waals surface area contributed by atoms with Crippen LogP contribution < -0.4 is 19.9 Å². The number of sulfonamides is 1. The van der Waals surface area contributed by atoms with Crippen molar-refractivity contribution in [1.29, 1.82) is 0 Å². The van der Waals surface area contributed by atoms with Crippen LogP contribution in [0.5, 0.6) is 11.5 Å². The van der Waals surface area contributed by atoms with Gasteiger partial charge in [-0.25, -0.2) is 13.1 Å². The summed E-state index contributed by atoms with van der Waals surface area (Å²) in [6.45, 7) is 4.87. The normalized spacial score (nSPS) is 15.6. The fourth-order valence-corrected chi connectivity index (χ4v) is 3.27. The van der Waals surface area contributed by atoms with Gasteiger partial charge in [0.25, 0.3) is 0 Å². The molecule has 0 spiro atoms. The Labute approximate surface area is 144 Å². The van der Waals surface area contributed by atoms with Crippen LogP contribution in [0.15, 0.2) is 23.1 Å². The Kier molecular flexibility index (Phi) is 7.60. The number of nitrogens with one attached hydrogen (secondary N) is 1. The number of rotatable bonds is 9. The van der Waals surface area contributed by atoms with E-state index in [1.807, 2.05) is 13.8 Å². The third-order valence-corrected chi connectivity index (χ3v) is 4.98. The van der Waals surface area contributed by atoms with Crippen molar-refractivity contribution in [2.45, 2.75) is 37.6 Å². The molecule has 3 N–H and O–H groups in total. The predicted octanol–water partition coefficient (Wildman–Crippen LogP) is 1.92. The van der Waals surface area contributed by atoms with E-state index in [-0.39, 0.29) is 29.9 Å². The molecule has 1 fully saturated rings. The van der Waals surface area contributed by atoms with Gasteiger partial charge in [-0.2, -0.15) is 0 Å². The Morgan fingerprint density at radius 1 is 1.22 bits per heavy atom. The van der Waals surface area contributed by atoms with E-state index in [2.05, 4.69) is 4.72 Å². The molecule has 0 radical (unpaired) electrons. The van der Waals surface area contributed by atoms with E-state index in [4.69, 9.17) is 15.2 Å². The SMILES string of the molecule is CCOc1ccc(S(=O)(=O)NCC(N)C2CC2)cc1OCC.Cl. The molecule has 6 nitrogen and oxygen atoms in total. The zero-order valence-corrected chi connectivity index (χ0v) is 15.1. The van der Waals surface area contributed by atoms with Crippen molar-refractivity contribution in [2.75, 3.05) is 19.8 Å². The molecular formula is C15H25ClN2O4S. The van der Waals surface area contributed by atoms with Gasteiger partial charge in [0, 0.05) is 18.7 Å². The molecule has 8 heteroatoms. The first kappa shape index (κ1) is 20.0. The quantitative estimate of drug-likeness (QED) is 0.698. The summed E-state index contributed by atoms with van der Waals surface area (Å²) in [7, 11) is -3.60. The van der Waals surface area contributed by atoms with Crippen molar-refractivity contribution in [2.24, 2.45) is 11.7 Å². The molecule has 2 rings (SSSR count). The summed E-state index contributed by atoms with van der Waals surface area (Å²) in [5.74, 6) is 1.42. The topological polar surface area (TPSA) is 90.7 Å². The van der Waals surface area contributed by atoms with Crippen molar-refractivity contribution in [1.82, 2.24) is 4.72 Å². The van der Waals surface area contributed by atoms with Crippen molar-refractivity contribution < 1.29 is 17.9 Å². The largest absolute Gasteiger partial charge is 0.490 e. The first-order valence-electron chi connectivity index (χ1n) is 7.62. The van der Waals surface area contributed by atoms with Crippen LogP contribution >= 0.6 is 12.4 Å². The Bertz CT molecular complexity index is 605. The lowest BCUT2D eigenvalue weighted by Gasteiger charge is -2.14. The van der Waals surface area contributed by atoms with Crippen LogP contribution in [0, 0.1) is 5.92 Å². The zero-order chi connectivity index (χ0) is 16.2. The molecule has 1 atom stereocenters. The molecule has 0 bridgehead atoms. The highest BCUT2D eigenvalue weighted by Gasteiger charge is 2.29. The van der Waals surface area contributed by atoms with Gasteiger partial charge in [-0.1, -0.05) is 0 Å². The maximum Gasteiger partial charge on any atom is 0.240 e. The van der Waals surface area contributed by atoms with Gasteiger partial charge in [-0.15, -0.1) is 12.4 Å². The number of hydrogen-bond acceptors (Lipinski definition) is 5. The number of benzene rings is 1. The lowest BCUT2D eigenvalue weighted by atomic mass is 10.2. The van der Waals surface area contributed by atoms with E-state index in [0.717, 1.165) is 12.8 Å². The van der Waals surface area contributed by atoms with Crippen molar-refractivity contribution in [3.63, 3.8) is 0 Å². The molecule has 0 aromatic heterocycles. The first-order valence-corrected chi connectivity index (χ1v) is 9.11. The third kappa shape index (κ3) is 5.53. The fraction of sp³-hybridized carbons (Fsp3) is 0.600. The minimum Gasteiger partial charge on any atom is -0.490 e. The molecule has 0 amide bonds.